The summed E-state index contributed by atoms with van der Waals surface area (Å²) in [4.78, 5) is 10.9. The Morgan fingerprint density at radius 2 is 2.25 bits per heavy atom. The van der Waals surface area contributed by atoms with Crippen LogP contribution >= 0.6 is 0 Å². The highest BCUT2D eigenvalue weighted by Gasteiger charge is 2.28. The summed E-state index contributed by atoms with van der Waals surface area (Å²) in [6.45, 7) is 6.63. The lowest BCUT2D eigenvalue weighted by atomic mass is 10.1. The lowest BCUT2D eigenvalue weighted by molar-refractivity contribution is -0.0279. The van der Waals surface area contributed by atoms with Crippen LogP contribution in [-0.4, -0.2) is 42.3 Å². The predicted octanol–water partition coefficient (Wildman–Crippen LogP) is 1.13. The second-order valence-electron chi connectivity index (χ2n) is 4.54. The van der Waals surface area contributed by atoms with Gasteiger partial charge >= 0.3 is 0 Å². The van der Waals surface area contributed by atoms with Gasteiger partial charge in [0.25, 0.3) is 0 Å². The van der Waals surface area contributed by atoms with Crippen LogP contribution in [0.25, 0.3) is 0 Å². The Bertz CT molecular complexity index is 367. The third-order valence-electron chi connectivity index (χ3n) is 2.63. The zero-order chi connectivity index (χ0) is 11.6. The molecule has 0 aromatic carbocycles. The maximum absolute atomic E-state index is 5.67. The van der Waals surface area contributed by atoms with Crippen LogP contribution in [0.4, 0.5) is 11.6 Å². The second kappa shape index (κ2) is 4.25. The molecule has 0 radical (unpaired) electrons. The van der Waals surface area contributed by atoms with Crippen LogP contribution in [0.3, 0.4) is 0 Å². The number of ether oxygens (including phenoxy) is 1. The fourth-order valence-corrected chi connectivity index (χ4v) is 1.84. The molecule has 1 aromatic heterocycles. The van der Waals surface area contributed by atoms with Gasteiger partial charge < -0.3 is 15.0 Å². The molecule has 16 heavy (non-hydrogen) atoms. The number of hydrogen-bond donors (Lipinski definition) is 1. The molecule has 0 aliphatic carbocycles. The summed E-state index contributed by atoms with van der Waals surface area (Å²) in [5, 5.41) is 3.00. The van der Waals surface area contributed by atoms with E-state index in [0.717, 1.165) is 31.3 Å². The Morgan fingerprint density at radius 3 is 2.94 bits per heavy atom. The van der Waals surface area contributed by atoms with E-state index >= 15 is 0 Å². The number of aromatic nitrogens is 2. The zero-order valence-electron chi connectivity index (χ0n) is 10.0. The van der Waals surface area contributed by atoms with Crippen molar-refractivity contribution in [1.29, 1.82) is 0 Å². The molecule has 0 bridgehead atoms. The molecule has 1 aliphatic heterocycles. The van der Waals surface area contributed by atoms with Crippen LogP contribution in [0.5, 0.6) is 0 Å². The monoisotopic (exact) mass is 222 g/mol. The number of rotatable bonds is 2. The van der Waals surface area contributed by atoms with Crippen LogP contribution in [-0.2, 0) is 4.74 Å². The average molecular weight is 222 g/mol. The minimum Gasteiger partial charge on any atom is -0.372 e. The first kappa shape index (κ1) is 11.1. The van der Waals surface area contributed by atoms with Crippen molar-refractivity contribution < 1.29 is 4.74 Å². The van der Waals surface area contributed by atoms with Gasteiger partial charge in [0.15, 0.2) is 0 Å². The number of nitrogens with one attached hydrogen (secondary N) is 1. The smallest absolute Gasteiger partial charge is 0.149 e. The zero-order valence-corrected chi connectivity index (χ0v) is 10.0. The van der Waals surface area contributed by atoms with Crippen LogP contribution in [0, 0.1) is 0 Å². The summed E-state index contributed by atoms with van der Waals surface area (Å²) in [6, 6.07) is 0. The maximum atomic E-state index is 5.67. The van der Waals surface area contributed by atoms with Gasteiger partial charge in [-0.3, -0.25) is 4.98 Å². The van der Waals surface area contributed by atoms with Gasteiger partial charge in [0.2, 0.25) is 0 Å². The minimum absolute atomic E-state index is 0.115. The quantitative estimate of drug-likeness (QED) is 0.813. The SMILES string of the molecule is CNc1cncc(N2CCOC(C)(C)C2)n1. The van der Waals surface area contributed by atoms with Gasteiger partial charge in [-0.25, -0.2) is 4.98 Å². The van der Waals surface area contributed by atoms with Crippen molar-refractivity contribution in [3.8, 4) is 0 Å². The topological polar surface area (TPSA) is 50.3 Å². The molecule has 0 spiro atoms. The number of hydrogen-bond acceptors (Lipinski definition) is 5. The molecule has 0 atom stereocenters. The summed E-state index contributed by atoms with van der Waals surface area (Å²) in [6.07, 6.45) is 3.51. The van der Waals surface area contributed by atoms with Crippen LogP contribution in [0.15, 0.2) is 12.4 Å². The van der Waals surface area contributed by atoms with E-state index in [-0.39, 0.29) is 5.60 Å². The molecular weight excluding hydrogens is 204 g/mol. The molecule has 2 heterocycles. The second-order valence-corrected chi connectivity index (χ2v) is 4.54. The predicted molar refractivity (Wildman–Crippen MR) is 63.8 cm³/mol. The van der Waals surface area contributed by atoms with E-state index < -0.39 is 0 Å². The van der Waals surface area contributed by atoms with E-state index in [9.17, 15) is 0 Å². The van der Waals surface area contributed by atoms with Gasteiger partial charge in [-0.05, 0) is 13.8 Å². The summed E-state index contributed by atoms with van der Waals surface area (Å²) in [5.41, 5.74) is -0.115. The van der Waals surface area contributed by atoms with E-state index in [2.05, 4.69) is 34.0 Å². The lowest BCUT2D eigenvalue weighted by Gasteiger charge is -2.38. The molecule has 1 fully saturated rings. The molecule has 1 aliphatic rings. The first-order valence-electron chi connectivity index (χ1n) is 5.49. The van der Waals surface area contributed by atoms with E-state index in [0.29, 0.717) is 0 Å². The lowest BCUT2D eigenvalue weighted by Crippen LogP contribution is -2.48. The maximum Gasteiger partial charge on any atom is 0.149 e. The van der Waals surface area contributed by atoms with Gasteiger partial charge in [0.05, 0.1) is 24.6 Å². The first-order chi connectivity index (χ1) is 7.61. The summed E-state index contributed by atoms with van der Waals surface area (Å²) >= 11 is 0. The molecular formula is C11H18N4O. The fourth-order valence-electron chi connectivity index (χ4n) is 1.84. The first-order valence-corrected chi connectivity index (χ1v) is 5.49. The largest absolute Gasteiger partial charge is 0.372 e. The van der Waals surface area contributed by atoms with E-state index in [1.54, 1.807) is 12.4 Å². The van der Waals surface area contributed by atoms with Gasteiger partial charge in [-0.15, -0.1) is 0 Å². The van der Waals surface area contributed by atoms with Gasteiger partial charge in [0, 0.05) is 20.1 Å². The molecule has 1 aromatic rings. The summed E-state index contributed by atoms with van der Waals surface area (Å²) in [7, 11) is 1.84. The summed E-state index contributed by atoms with van der Waals surface area (Å²) < 4.78 is 5.67. The molecule has 2 rings (SSSR count). The molecule has 0 saturated carbocycles. The van der Waals surface area contributed by atoms with E-state index in [1.807, 2.05) is 7.05 Å². The normalized spacial score (nSPS) is 19.6. The van der Waals surface area contributed by atoms with Crippen LogP contribution < -0.4 is 10.2 Å². The molecule has 1 N–H and O–H groups in total. The van der Waals surface area contributed by atoms with Gasteiger partial charge in [0.1, 0.15) is 11.6 Å². The third kappa shape index (κ3) is 2.41. The van der Waals surface area contributed by atoms with Crippen LogP contribution in [0.2, 0.25) is 0 Å². The van der Waals surface area contributed by atoms with Crippen molar-refractivity contribution in [3.05, 3.63) is 12.4 Å². The van der Waals surface area contributed by atoms with Gasteiger partial charge in [-0.1, -0.05) is 0 Å². The fraction of sp³-hybridized carbons (Fsp3) is 0.636. The number of morpholine rings is 1. The number of anilines is 2. The highest BCUT2D eigenvalue weighted by Crippen LogP contribution is 2.21. The van der Waals surface area contributed by atoms with E-state index in [4.69, 9.17) is 4.74 Å². The van der Waals surface area contributed by atoms with Crippen molar-refractivity contribution >= 4 is 11.6 Å². The molecule has 0 unspecified atom stereocenters. The Balaban J connectivity index is 2.16. The van der Waals surface area contributed by atoms with Crippen molar-refractivity contribution in [2.45, 2.75) is 19.4 Å². The standard InChI is InChI=1S/C11H18N4O/c1-11(2)8-15(4-5-16-11)10-7-13-6-9(12-3)14-10/h6-7H,4-5,8H2,1-3H3,(H,12,14). The summed E-state index contributed by atoms with van der Waals surface area (Å²) in [5.74, 6) is 1.70. The Morgan fingerprint density at radius 1 is 1.44 bits per heavy atom. The molecule has 5 heteroatoms. The molecule has 1 saturated heterocycles. The van der Waals surface area contributed by atoms with Crippen molar-refractivity contribution in [3.63, 3.8) is 0 Å². The van der Waals surface area contributed by atoms with Gasteiger partial charge in [-0.2, -0.15) is 0 Å². The van der Waals surface area contributed by atoms with Crippen molar-refractivity contribution in [2.24, 2.45) is 0 Å². The van der Waals surface area contributed by atoms with E-state index in [1.165, 1.54) is 0 Å². The van der Waals surface area contributed by atoms with Crippen LogP contribution in [0.1, 0.15) is 13.8 Å². The Hall–Kier alpha value is -1.36. The molecule has 5 nitrogen and oxygen atoms in total. The highest BCUT2D eigenvalue weighted by atomic mass is 16.5. The third-order valence-corrected chi connectivity index (χ3v) is 2.63. The molecule has 88 valence electrons. The average Bonchev–Trinajstić information content (AvgIpc) is 2.28. The minimum atomic E-state index is -0.115. The molecule has 0 amide bonds. The van der Waals surface area contributed by atoms with Crippen molar-refractivity contribution in [1.82, 2.24) is 9.97 Å². The Kier molecular flexibility index (Phi) is 2.96. The number of nitrogens with zero attached hydrogens (tertiary/aromatic N) is 3. The Labute approximate surface area is 95.8 Å². The van der Waals surface area contributed by atoms with Crippen molar-refractivity contribution in [2.75, 3.05) is 37.0 Å². The highest BCUT2D eigenvalue weighted by molar-refractivity contribution is 5.44.